The first kappa shape index (κ1) is 22.8. The van der Waals surface area contributed by atoms with Crippen LogP contribution in [-0.4, -0.2) is 25.4 Å². The number of carbonyl (C=O) groups is 1. The smallest absolute Gasteiger partial charge is 0.262 e. The summed E-state index contributed by atoms with van der Waals surface area (Å²) in [6.45, 7) is 1.09. The number of hydrogen-bond donors (Lipinski definition) is 2. The van der Waals surface area contributed by atoms with Crippen LogP contribution in [0.2, 0.25) is 5.02 Å². The van der Waals surface area contributed by atoms with Crippen molar-refractivity contribution >= 4 is 44.1 Å². The van der Waals surface area contributed by atoms with Gasteiger partial charge in [-0.15, -0.1) is 0 Å². The van der Waals surface area contributed by atoms with Crippen molar-refractivity contribution in [1.29, 1.82) is 0 Å². The van der Waals surface area contributed by atoms with Crippen LogP contribution >= 0.6 is 11.6 Å². The zero-order valence-electron chi connectivity index (χ0n) is 17.5. The van der Waals surface area contributed by atoms with Crippen LogP contribution in [0.5, 0.6) is 0 Å². The third kappa shape index (κ3) is 5.18. The molecule has 0 atom stereocenters. The number of fused-ring (bicyclic) bond motifs is 1. The molecule has 2 N–H and O–H groups in total. The van der Waals surface area contributed by atoms with Gasteiger partial charge in [0.1, 0.15) is 5.82 Å². The Morgan fingerprint density at radius 3 is 2.58 bits per heavy atom. The zero-order chi connectivity index (χ0) is 23.4. The van der Waals surface area contributed by atoms with Gasteiger partial charge in [0.2, 0.25) is 0 Å². The standard InChI is InChI=1S/C24H21ClFN3O3S/c25-20-11-10-18(33(31,32)28-22-8-3-2-7-21(22)26)16-19(20)24(30)27-13-5-14-29-15-12-17-6-1-4-9-23(17)29/h1-4,6-12,15-16,28H,5,13-14H2,(H,27,30). The van der Waals surface area contributed by atoms with Crippen LogP contribution in [0.15, 0.2) is 83.9 Å². The van der Waals surface area contributed by atoms with Crippen molar-refractivity contribution in [3.8, 4) is 0 Å². The molecule has 9 heteroatoms. The van der Waals surface area contributed by atoms with Crippen LogP contribution in [0.1, 0.15) is 16.8 Å². The second-order valence-electron chi connectivity index (χ2n) is 7.40. The van der Waals surface area contributed by atoms with E-state index in [-0.39, 0.29) is 21.2 Å². The Bertz CT molecular complexity index is 1420. The molecule has 1 amide bonds. The highest BCUT2D eigenvalue weighted by Gasteiger charge is 2.20. The first-order valence-electron chi connectivity index (χ1n) is 10.2. The summed E-state index contributed by atoms with van der Waals surface area (Å²) in [6, 6.07) is 19.3. The molecule has 0 spiro atoms. The summed E-state index contributed by atoms with van der Waals surface area (Å²) in [7, 11) is -4.12. The molecule has 0 bridgehead atoms. The number of anilines is 1. The molecular weight excluding hydrogens is 465 g/mol. The third-order valence-electron chi connectivity index (χ3n) is 5.15. The van der Waals surface area contributed by atoms with Crippen LogP contribution in [-0.2, 0) is 16.6 Å². The first-order chi connectivity index (χ1) is 15.8. The van der Waals surface area contributed by atoms with E-state index in [1.807, 2.05) is 36.5 Å². The summed E-state index contributed by atoms with van der Waals surface area (Å²) in [6.07, 6.45) is 2.68. The SMILES string of the molecule is O=C(NCCCn1ccc2ccccc21)c1cc(S(=O)(=O)Nc2ccccc2F)ccc1Cl. The second kappa shape index (κ2) is 9.64. The molecule has 0 fully saturated rings. The van der Waals surface area contributed by atoms with Gasteiger partial charge < -0.3 is 9.88 Å². The van der Waals surface area contributed by atoms with Crippen molar-refractivity contribution in [3.05, 3.63) is 95.4 Å². The topological polar surface area (TPSA) is 80.2 Å². The number of sulfonamides is 1. The highest BCUT2D eigenvalue weighted by atomic mass is 35.5. The molecule has 1 aromatic heterocycles. The van der Waals surface area contributed by atoms with Gasteiger partial charge in [0.15, 0.2) is 0 Å². The van der Waals surface area contributed by atoms with Crippen molar-refractivity contribution in [2.75, 3.05) is 11.3 Å². The minimum atomic E-state index is -4.12. The Balaban J connectivity index is 1.41. The maximum Gasteiger partial charge on any atom is 0.262 e. The number of aryl methyl sites for hydroxylation is 1. The number of nitrogens with zero attached hydrogens (tertiary/aromatic N) is 1. The monoisotopic (exact) mass is 485 g/mol. The fraction of sp³-hybridized carbons (Fsp3) is 0.125. The minimum absolute atomic E-state index is 0.0273. The molecule has 0 radical (unpaired) electrons. The van der Waals surface area contributed by atoms with Gasteiger partial charge in [0.05, 0.1) is 21.2 Å². The van der Waals surface area contributed by atoms with Gasteiger partial charge in [0.25, 0.3) is 15.9 Å². The van der Waals surface area contributed by atoms with E-state index in [0.29, 0.717) is 19.5 Å². The van der Waals surface area contributed by atoms with Gasteiger partial charge in [-0.1, -0.05) is 41.9 Å². The lowest BCUT2D eigenvalue weighted by atomic mass is 10.2. The lowest BCUT2D eigenvalue weighted by Gasteiger charge is -2.12. The molecular formula is C24H21ClFN3O3S. The molecule has 4 rings (SSSR count). The van der Waals surface area contributed by atoms with E-state index in [1.165, 1.54) is 36.4 Å². The summed E-state index contributed by atoms with van der Waals surface area (Å²) in [5.41, 5.74) is 0.961. The van der Waals surface area contributed by atoms with Gasteiger partial charge in [-0.05, 0) is 54.3 Å². The van der Waals surface area contributed by atoms with Crippen molar-refractivity contribution in [3.63, 3.8) is 0 Å². The van der Waals surface area contributed by atoms with E-state index in [1.54, 1.807) is 0 Å². The molecule has 33 heavy (non-hydrogen) atoms. The predicted octanol–water partition coefficient (Wildman–Crippen LogP) is 5.05. The maximum absolute atomic E-state index is 13.9. The summed E-state index contributed by atoms with van der Waals surface area (Å²) in [5.74, 6) is -1.19. The number of hydrogen-bond acceptors (Lipinski definition) is 3. The summed E-state index contributed by atoms with van der Waals surface area (Å²) < 4.78 is 43.5. The molecule has 4 aromatic rings. The number of para-hydroxylation sites is 2. The molecule has 0 aliphatic carbocycles. The molecule has 0 aliphatic rings. The Hall–Kier alpha value is -3.36. The Morgan fingerprint density at radius 1 is 1.00 bits per heavy atom. The lowest BCUT2D eigenvalue weighted by molar-refractivity contribution is 0.0952. The number of halogens is 2. The van der Waals surface area contributed by atoms with Crippen LogP contribution in [0.4, 0.5) is 10.1 Å². The Morgan fingerprint density at radius 2 is 1.76 bits per heavy atom. The molecule has 0 unspecified atom stereocenters. The number of nitrogens with one attached hydrogen (secondary N) is 2. The van der Waals surface area contributed by atoms with Gasteiger partial charge in [0, 0.05) is 24.8 Å². The molecule has 170 valence electrons. The average Bonchev–Trinajstić information content (AvgIpc) is 3.21. The number of rotatable bonds is 8. The molecule has 3 aromatic carbocycles. The normalized spacial score (nSPS) is 11.5. The van der Waals surface area contributed by atoms with Gasteiger partial charge in [-0.2, -0.15) is 0 Å². The van der Waals surface area contributed by atoms with Crippen molar-refractivity contribution in [2.24, 2.45) is 0 Å². The summed E-state index contributed by atoms with van der Waals surface area (Å²) >= 11 is 6.15. The number of aromatic nitrogens is 1. The van der Waals surface area contributed by atoms with Gasteiger partial charge in [-0.25, -0.2) is 12.8 Å². The number of carbonyl (C=O) groups excluding carboxylic acids is 1. The Kier molecular flexibility index (Phi) is 6.67. The van der Waals surface area contributed by atoms with Crippen molar-refractivity contribution in [1.82, 2.24) is 9.88 Å². The molecule has 0 saturated carbocycles. The fourth-order valence-corrected chi connectivity index (χ4v) is 4.77. The Labute approximate surface area is 196 Å². The average molecular weight is 486 g/mol. The molecule has 6 nitrogen and oxygen atoms in total. The quantitative estimate of drug-likeness (QED) is 0.342. The minimum Gasteiger partial charge on any atom is -0.352 e. The number of benzene rings is 3. The third-order valence-corrected chi connectivity index (χ3v) is 6.85. The summed E-state index contributed by atoms with van der Waals surface area (Å²) in [4.78, 5) is 12.5. The van der Waals surface area contributed by atoms with E-state index >= 15 is 0 Å². The lowest BCUT2D eigenvalue weighted by Crippen LogP contribution is -2.26. The highest BCUT2D eigenvalue weighted by Crippen LogP contribution is 2.23. The van der Waals surface area contributed by atoms with E-state index in [2.05, 4.69) is 14.6 Å². The van der Waals surface area contributed by atoms with Gasteiger partial charge >= 0.3 is 0 Å². The van der Waals surface area contributed by atoms with Crippen LogP contribution in [0.25, 0.3) is 10.9 Å². The molecule has 1 heterocycles. The zero-order valence-corrected chi connectivity index (χ0v) is 19.0. The maximum atomic E-state index is 13.9. The highest BCUT2D eigenvalue weighted by molar-refractivity contribution is 7.92. The summed E-state index contributed by atoms with van der Waals surface area (Å²) in [5, 5.41) is 4.04. The largest absolute Gasteiger partial charge is 0.352 e. The van der Waals surface area contributed by atoms with Crippen LogP contribution in [0.3, 0.4) is 0 Å². The van der Waals surface area contributed by atoms with Crippen molar-refractivity contribution < 1.29 is 17.6 Å². The van der Waals surface area contributed by atoms with E-state index in [4.69, 9.17) is 11.6 Å². The number of amides is 1. The predicted molar refractivity (Wildman–Crippen MR) is 128 cm³/mol. The van der Waals surface area contributed by atoms with Gasteiger partial charge in [-0.3, -0.25) is 9.52 Å². The van der Waals surface area contributed by atoms with Crippen LogP contribution in [0, 0.1) is 5.82 Å². The van der Waals surface area contributed by atoms with Crippen LogP contribution < -0.4 is 10.0 Å². The second-order valence-corrected chi connectivity index (χ2v) is 9.49. The molecule has 0 aliphatic heterocycles. The van der Waals surface area contributed by atoms with E-state index in [9.17, 15) is 17.6 Å². The first-order valence-corrected chi connectivity index (χ1v) is 12.1. The molecule has 0 saturated heterocycles. The van der Waals surface area contributed by atoms with E-state index in [0.717, 1.165) is 17.0 Å². The van der Waals surface area contributed by atoms with E-state index < -0.39 is 21.7 Å². The fourth-order valence-electron chi connectivity index (χ4n) is 3.48. The van der Waals surface area contributed by atoms with Crippen molar-refractivity contribution in [2.45, 2.75) is 17.9 Å².